The molecule has 0 aliphatic rings. The minimum atomic E-state index is -0.300. The van der Waals surface area contributed by atoms with Crippen LogP contribution in [0.4, 0.5) is 16.2 Å². The number of ether oxygens (including phenoxy) is 1. The number of amides is 3. The Bertz CT molecular complexity index is 739. The van der Waals surface area contributed by atoms with Crippen LogP contribution in [0.25, 0.3) is 6.08 Å². The molecule has 0 aromatic heterocycles. The zero-order valence-corrected chi connectivity index (χ0v) is 13.5. The highest BCUT2D eigenvalue weighted by atomic mass is 16.5. The van der Waals surface area contributed by atoms with Crippen molar-refractivity contribution >= 4 is 29.4 Å². The first-order valence-corrected chi connectivity index (χ1v) is 7.33. The summed E-state index contributed by atoms with van der Waals surface area (Å²) in [7, 11) is 3.12. The van der Waals surface area contributed by atoms with Gasteiger partial charge in [0.1, 0.15) is 5.75 Å². The summed E-state index contributed by atoms with van der Waals surface area (Å²) in [4.78, 5) is 23.2. The first kappa shape index (κ1) is 17.1. The Hall–Kier alpha value is -3.28. The lowest BCUT2D eigenvalue weighted by Gasteiger charge is -2.06. The molecule has 0 unspecified atom stereocenters. The van der Waals surface area contributed by atoms with E-state index >= 15 is 0 Å². The number of para-hydroxylation sites is 1. The van der Waals surface area contributed by atoms with E-state index in [1.807, 2.05) is 24.3 Å². The van der Waals surface area contributed by atoms with Crippen LogP contribution in [0.5, 0.6) is 5.75 Å². The van der Waals surface area contributed by atoms with Crippen LogP contribution in [0.3, 0.4) is 0 Å². The predicted octanol–water partition coefficient (Wildman–Crippen LogP) is 3.10. The van der Waals surface area contributed by atoms with Crippen molar-refractivity contribution in [2.45, 2.75) is 0 Å². The van der Waals surface area contributed by atoms with E-state index in [2.05, 4.69) is 16.0 Å². The summed E-state index contributed by atoms with van der Waals surface area (Å²) in [6.45, 7) is 0. The van der Waals surface area contributed by atoms with E-state index in [4.69, 9.17) is 4.74 Å². The lowest BCUT2D eigenvalue weighted by atomic mass is 10.2. The minimum absolute atomic E-state index is 0.257. The van der Waals surface area contributed by atoms with Crippen LogP contribution in [0.1, 0.15) is 5.56 Å². The normalized spacial score (nSPS) is 10.2. The van der Waals surface area contributed by atoms with Gasteiger partial charge in [-0.05, 0) is 36.4 Å². The maximum absolute atomic E-state index is 12.0. The third-order valence-corrected chi connectivity index (χ3v) is 3.19. The van der Waals surface area contributed by atoms with E-state index in [-0.39, 0.29) is 11.9 Å². The van der Waals surface area contributed by atoms with Crippen molar-refractivity contribution in [3.63, 3.8) is 0 Å². The minimum Gasteiger partial charge on any atom is -0.496 e. The quantitative estimate of drug-likeness (QED) is 0.739. The largest absolute Gasteiger partial charge is 0.496 e. The number of hydrogen-bond acceptors (Lipinski definition) is 3. The number of urea groups is 1. The van der Waals surface area contributed by atoms with Gasteiger partial charge < -0.3 is 20.7 Å². The smallest absolute Gasteiger partial charge is 0.318 e. The van der Waals surface area contributed by atoms with Crippen molar-refractivity contribution < 1.29 is 14.3 Å². The van der Waals surface area contributed by atoms with Crippen LogP contribution in [0.2, 0.25) is 0 Å². The molecule has 2 aromatic carbocycles. The predicted molar refractivity (Wildman–Crippen MR) is 95.2 cm³/mol. The topological polar surface area (TPSA) is 79.5 Å². The zero-order valence-electron chi connectivity index (χ0n) is 13.5. The van der Waals surface area contributed by atoms with Crippen LogP contribution >= 0.6 is 0 Å². The molecule has 6 nitrogen and oxygen atoms in total. The fourth-order valence-corrected chi connectivity index (χ4v) is 1.98. The van der Waals surface area contributed by atoms with Gasteiger partial charge in [0.2, 0.25) is 5.91 Å². The summed E-state index contributed by atoms with van der Waals surface area (Å²) in [5.74, 6) is 0.444. The number of nitrogens with one attached hydrogen (secondary N) is 3. The first-order chi connectivity index (χ1) is 11.6. The molecule has 2 rings (SSSR count). The monoisotopic (exact) mass is 325 g/mol. The molecule has 3 N–H and O–H groups in total. The molecule has 2 aromatic rings. The molecule has 0 bridgehead atoms. The van der Waals surface area contributed by atoms with Crippen molar-refractivity contribution in [3.05, 3.63) is 60.2 Å². The molecule has 0 spiro atoms. The number of benzene rings is 2. The molecule has 3 amide bonds. The Morgan fingerprint density at radius 2 is 1.58 bits per heavy atom. The van der Waals surface area contributed by atoms with Crippen molar-refractivity contribution in [3.8, 4) is 5.75 Å². The molecule has 0 saturated carbocycles. The second-order valence-electron chi connectivity index (χ2n) is 4.85. The molecule has 0 atom stereocenters. The van der Waals surface area contributed by atoms with Gasteiger partial charge in [0.15, 0.2) is 0 Å². The van der Waals surface area contributed by atoms with Crippen LogP contribution in [0, 0.1) is 0 Å². The SMILES string of the molecule is CNC(=O)Nc1ccc(NC(=O)/C=C/c2ccccc2OC)cc1. The summed E-state index contributed by atoms with van der Waals surface area (Å²) < 4.78 is 5.23. The Balaban J connectivity index is 1.97. The van der Waals surface area contributed by atoms with Crippen molar-refractivity contribution in [1.29, 1.82) is 0 Å². The van der Waals surface area contributed by atoms with Gasteiger partial charge in [-0.3, -0.25) is 4.79 Å². The Morgan fingerprint density at radius 1 is 0.958 bits per heavy atom. The van der Waals surface area contributed by atoms with Crippen LogP contribution in [-0.2, 0) is 4.79 Å². The van der Waals surface area contributed by atoms with Crippen molar-refractivity contribution in [1.82, 2.24) is 5.32 Å². The lowest BCUT2D eigenvalue weighted by Crippen LogP contribution is -2.24. The number of rotatable bonds is 5. The highest BCUT2D eigenvalue weighted by Crippen LogP contribution is 2.19. The molecule has 6 heteroatoms. The molecule has 124 valence electrons. The number of carbonyl (C=O) groups excluding carboxylic acids is 2. The van der Waals surface area contributed by atoms with Gasteiger partial charge in [0.05, 0.1) is 7.11 Å². The third-order valence-electron chi connectivity index (χ3n) is 3.19. The second kappa shape index (κ2) is 8.38. The molecule has 24 heavy (non-hydrogen) atoms. The number of anilines is 2. The van der Waals surface area contributed by atoms with Crippen LogP contribution in [-0.4, -0.2) is 26.1 Å². The molecule has 0 saturated heterocycles. The van der Waals surface area contributed by atoms with Gasteiger partial charge in [0.25, 0.3) is 0 Å². The average molecular weight is 325 g/mol. The van der Waals surface area contributed by atoms with Gasteiger partial charge in [-0.2, -0.15) is 0 Å². The highest BCUT2D eigenvalue weighted by Gasteiger charge is 2.02. The number of methoxy groups -OCH3 is 1. The number of carbonyl (C=O) groups is 2. The summed E-state index contributed by atoms with van der Waals surface area (Å²) in [5.41, 5.74) is 2.09. The maximum Gasteiger partial charge on any atom is 0.318 e. The van der Waals surface area contributed by atoms with Gasteiger partial charge in [-0.25, -0.2) is 4.79 Å². The Labute approximate surface area is 140 Å². The Kier molecular flexibility index (Phi) is 5.96. The van der Waals surface area contributed by atoms with Crippen LogP contribution < -0.4 is 20.7 Å². The maximum atomic E-state index is 12.0. The van der Waals surface area contributed by atoms with Crippen molar-refractivity contribution in [2.75, 3.05) is 24.8 Å². The molecule has 0 heterocycles. The van der Waals surface area contributed by atoms with E-state index in [0.717, 1.165) is 5.56 Å². The zero-order chi connectivity index (χ0) is 17.4. The van der Waals surface area contributed by atoms with Crippen LogP contribution in [0.15, 0.2) is 54.6 Å². The van der Waals surface area contributed by atoms with E-state index in [1.54, 1.807) is 37.5 Å². The lowest BCUT2D eigenvalue weighted by molar-refractivity contribution is -0.111. The van der Waals surface area contributed by atoms with E-state index in [0.29, 0.717) is 17.1 Å². The number of hydrogen-bond donors (Lipinski definition) is 3. The average Bonchev–Trinajstić information content (AvgIpc) is 2.61. The van der Waals surface area contributed by atoms with E-state index in [1.165, 1.54) is 13.1 Å². The second-order valence-corrected chi connectivity index (χ2v) is 4.85. The van der Waals surface area contributed by atoms with Crippen molar-refractivity contribution in [2.24, 2.45) is 0 Å². The Morgan fingerprint density at radius 3 is 2.21 bits per heavy atom. The van der Waals surface area contributed by atoms with Gasteiger partial charge in [-0.1, -0.05) is 18.2 Å². The fourth-order valence-electron chi connectivity index (χ4n) is 1.98. The summed E-state index contributed by atoms with van der Waals surface area (Å²) in [6, 6.07) is 14.0. The molecule has 0 aliphatic heterocycles. The molecular formula is C18H19N3O3. The van der Waals surface area contributed by atoms with E-state index in [9.17, 15) is 9.59 Å². The third kappa shape index (κ3) is 4.88. The summed E-state index contributed by atoms with van der Waals surface area (Å²) in [5, 5.41) is 7.85. The molecule has 0 radical (unpaired) electrons. The van der Waals surface area contributed by atoms with E-state index < -0.39 is 0 Å². The summed E-state index contributed by atoms with van der Waals surface area (Å²) >= 11 is 0. The fraction of sp³-hybridized carbons (Fsp3) is 0.111. The van der Waals surface area contributed by atoms with Gasteiger partial charge in [0, 0.05) is 30.1 Å². The first-order valence-electron chi connectivity index (χ1n) is 7.33. The molecule has 0 aliphatic carbocycles. The van der Waals surface area contributed by atoms with Gasteiger partial charge in [-0.15, -0.1) is 0 Å². The summed E-state index contributed by atoms with van der Waals surface area (Å²) in [6.07, 6.45) is 3.13. The molecular weight excluding hydrogens is 306 g/mol. The standard InChI is InChI=1S/C18H19N3O3/c1-19-18(23)21-15-10-8-14(9-11-15)20-17(22)12-7-13-5-3-4-6-16(13)24-2/h3-12H,1-2H3,(H,20,22)(H2,19,21,23)/b12-7+. The molecule has 0 fully saturated rings. The van der Waals surface area contributed by atoms with Gasteiger partial charge >= 0.3 is 6.03 Å². The highest BCUT2D eigenvalue weighted by molar-refractivity contribution is 6.02.